The van der Waals surface area contributed by atoms with Crippen LogP contribution in [0.3, 0.4) is 0 Å². The van der Waals surface area contributed by atoms with Gasteiger partial charge in [-0.2, -0.15) is 5.10 Å². The minimum absolute atomic E-state index is 0.109. The van der Waals surface area contributed by atoms with Gasteiger partial charge in [0, 0.05) is 31.3 Å². The Kier molecular flexibility index (Phi) is 4.70. The van der Waals surface area contributed by atoms with Gasteiger partial charge < -0.3 is 10.1 Å². The Morgan fingerprint density at radius 2 is 2.42 bits per heavy atom. The fraction of sp³-hybridized carbons (Fsp3) is 0.385. The first-order valence-corrected chi connectivity index (χ1v) is 7.00. The Balaban J connectivity index is 1.96. The van der Waals surface area contributed by atoms with Gasteiger partial charge in [-0.05, 0) is 24.4 Å². The highest BCUT2D eigenvalue weighted by Crippen LogP contribution is 2.21. The Labute approximate surface area is 116 Å². The van der Waals surface area contributed by atoms with E-state index >= 15 is 0 Å². The number of methoxy groups -OCH3 is 1. The normalized spacial score (nSPS) is 12.3. The molecule has 0 bridgehead atoms. The molecule has 1 atom stereocenters. The molecule has 0 spiro atoms. The van der Waals surface area contributed by atoms with Crippen LogP contribution < -0.4 is 5.32 Å². The van der Waals surface area contributed by atoms with Gasteiger partial charge in [-0.25, -0.2) is 0 Å². The molecule has 0 saturated carbocycles. The largest absolute Gasteiger partial charge is 0.374 e. The molecular weight excluding hydrogens is 262 g/mol. The predicted molar refractivity (Wildman–Crippen MR) is 74.3 cm³/mol. The summed E-state index contributed by atoms with van der Waals surface area (Å²) in [4.78, 5) is 13.2. The number of ether oxygens (including phenoxy) is 1. The lowest BCUT2D eigenvalue weighted by atomic mass is 10.3. The van der Waals surface area contributed by atoms with E-state index in [2.05, 4.69) is 10.4 Å². The summed E-state index contributed by atoms with van der Waals surface area (Å²) in [5.41, 5.74) is 0.573. The highest BCUT2D eigenvalue weighted by atomic mass is 32.1. The fourth-order valence-electron chi connectivity index (χ4n) is 1.83. The molecule has 0 radical (unpaired) electrons. The monoisotopic (exact) mass is 279 g/mol. The first-order chi connectivity index (χ1) is 9.26. The third-order valence-corrected chi connectivity index (χ3v) is 3.81. The van der Waals surface area contributed by atoms with Crippen molar-refractivity contribution in [1.82, 2.24) is 15.1 Å². The molecule has 5 nitrogen and oxygen atoms in total. The second-order valence-electron chi connectivity index (χ2n) is 3.98. The molecule has 6 heteroatoms. The molecule has 0 aliphatic rings. The summed E-state index contributed by atoms with van der Waals surface area (Å²) in [6.45, 7) is 3.08. The Morgan fingerprint density at radius 1 is 1.58 bits per heavy atom. The van der Waals surface area contributed by atoms with Crippen molar-refractivity contribution in [2.24, 2.45) is 0 Å². The minimum Gasteiger partial charge on any atom is -0.374 e. The van der Waals surface area contributed by atoms with Gasteiger partial charge in [0.1, 0.15) is 11.8 Å². The second-order valence-corrected chi connectivity index (χ2v) is 4.96. The molecule has 0 saturated heterocycles. The zero-order valence-electron chi connectivity index (χ0n) is 11.0. The molecule has 0 aliphatic heterocycles. The summed E-state index contributed by atoms with van der Waals surface area (Å²) in [5, 5.41) is 8.96. The lowest BCUT2D eigenvalue weighted by Gasteiger charge is -2.14. The standard InChI is InChI=1S/C13H17N3O2S/c1-3-16-10(6-7-15-16)13(17)14-9-11(18-2)12-5-4-8-19-12/h4-8,11H,3,9H2,1-2H3,(H,14,17)/t11-/m0/s1. The molecule has 102 valence electrons. The maximum Gasteiger partial charge on any atom is 0.269 e. The lowest BCUT2D eigenvalue weighted by Crippen LogP contribution is -2.30. The molecular formula is C13H17N3O2S. The topological polar surface area (TPSA) is 56.2 Å². The van der Waals surface area contributed by atoms with Gasteiger partial charge in [-0.15, -0.1) is 11.3 Å². The number of amides is 1. The van der Waals surface area contributed by atoms with Crippen molar-refractivity contribution >= 4 is 17.2 Å². The second kappa shape index (κ2) is 6.49. The highest BCUT2D eigenvalue weighted by Gasteiger charge is 2.15. The van der Waals surface area contributed by atoms with Gasteiger partial charge in [0.05, 0.1) is 0 Å². The molecule has 1 amide bonds. The zero-order chi connectivity index (χ0) is 13.7. The fourth-order valence-corrected chi connectivity index (χ4v) is 2.63. The number of aryl methyl sites for hydroxylation is 1. The average molecular weight is 279 g/mol. The van der Waals surface area contributed by atoms with Crippen LogP contribution in [0.15, 0.2) is 29.8 Å². The molecule has 2 aromatic rings. The molecule has 2 heterocycles. The number of hydrogen-bond acceptors (Lipinski definition) is 4. The SMILES string of the molecule is CCn1nccc1C(=O)NC[C@H](OC)c1cccs1. The third-order valence-electron chi connectivity index (χ3n) is 2.84. The molecule has 0 aliphatic carbocycles. The predicted octanol–water partition coefficient (Wildman–Crippen LogP) is 2.08. The van der Waals surface area contributed by atoms with Gasteiger partial charge in [0.15, 0.2) is 0 Å². The van der Waals surface area contributed by atoms with Gasteiger partial charge in [0.25, 0.3) is 5.91 Å². The number of carbonyl (C=O) groups excluding carboxylic acids is 1. The summed E-state index contributed by atoms with van der Waals surface area (Å²) < 4.78 is 7.06. The van der Waals surface area contributed by atoms with E-state index in [1.165, 1.54) is 0 Å². The molecule has 19 heavy (non-hydrogen) atoms. The van der Waals surface area contributed by atoms with Crippen LogP contribution in [0.5, 0.6) is 0 Å². The van der Waals surface area contributed by atoms with Crippen molar-refractivity contribution in [3.8, 4) is 0 Å². The van der Waals surface area contributed by atoms with Crippen molar-refractivity contribution in [3.05, 3.63) is 40.3 Å². The van der Waals surface area contributed by atoms with Gasteiger partial charge in [-0.1, -0.05) is 6.07 Å². The van der Waals surface area contributed by atoms with Crippen molar-refractivity contribution in [2.75, 3.05) is 13.7 Å². The van der Waals surface area contributed by atoms with Gasteiger partial charge in [0.2, 0.25) is 0 Å². The van der Waals surface area contributed by atoms with Crippen LogP contribution >= 0.6 is 11.3 Å². The third kappa shape index (κ3) is 3.21. The van der Waals surface area contributed by atoms with Crippen molar-refractivity contribution in [3.63, 3.8) is 0 Å². The Bertz CT molecular complexity index is 522. The van der Waals surface area contributed by atoms with Crippen LogP contribution in [0.25, 0.3) is 0 Å². The van der Waals surface area contributed by atoms with Crippen molar-refractivity contribution < 1.29 is 9.53 Å². The average Bonchev–Trinajstić information content (AvgIpc) is 3.10. The maximum atomic E-state index is 12.1. The molecule has 0 unspecified atom stereocenters. The molecule has 2 rings (SSSR count). The zero-order valence-corrected chi connectivity index (χ0v) is 11.8. The maximum absolute atomic E-state index is 12.1. The number of hydrogen-bond donors (Lipinski definition) is 1. The first-order valence-electron chi connectivity index (χ1n) is 6.12. The highest BCUT2D eigenvalue weighted by molar-refractivity contribution is 7.10. The van der Waals surface area contributed by atoms with Gasteiger partial charge >= 0.3 is 0 Å². The number of aromatic nitrogens is 2. The van der Waals surface area contributed by atoms with Crippen LogP contribution in [-0.4, -0.2) is 29.3 Å². The van der Waals surface area contributed by atoms with Crippen LogP contribution in [0.2, 0.25) is 0 Å². The van der Waals surface area contributed by atoms with Crippen LogP contribution in [0.4, 0.5) is 0 Å². The number of nitrogens with zero attached hydrogens (tertiary/aromatic N) is 2. The van der Waals surface area contributed by atoms with E-state index in [4.69, 9.17) is 4.74 Å². The van der Waals surface area contributed by atoms with E-state index in [-0.39, 0.29) is 12.0 Å². The smallest absolute Gasteiger partial charge is 0.269 e. The summed E-state index contributed by atoms with van der Waals surface area (Å²) in [6.07, 6.45) is 1.52. The molecule has 1 N–H and O–H groups in total. The number of thiophene rings is 1. The molecule has 0 aromatic carbocycles. The first kappa shape index (κ1) is 13.8. The van der Waals surface area contributed by atoms with Crippen LogP contribution in [0, 0.1) is 0 Å². The van der Waals surface area contributed by atoms with E-state index in [9.17, 15) is 4.79 Å². The Hall–Kier alpha value is -1.66. The summed E-state index contributed by atoms with van der Waals surface area (Å²) in [7, 11) is 1.65. The van der Waals surface area contributed by atoms with Crippen molar-refractivity contribution in [1.29, 1.82) is 0 Å². The molecule has 0 fully saturated rings. The molecule has 2 aromatic heterocycles. The summed E-state index contributed by atoms with van der Waals surface area (Å²) >= 11 is 1.62. The van der Waals surface area contributed by atoms with Crippen LogP contribution in [0.1, 0.15) is 28.4 Å². The van der Waals surface area contributed by atoms with E-state index < -0.39 is 0 Å². The van der Waals surface area contributed by atoms with Gasteiger partial charge in [-0.3, -0.25) is 9.48 Å². The number of carbonyl (C=O) groups is 1. The van der Waals surface area contributed by atoms with E-state index in [0.717, 1.165) is 4.88 Å². The number of rotatable bonds is 6. The summed E-state index contributed by atoms with van der Waals surface area (Å²) in [6, 6.07) is 5.69. The summed E-state index contributed by atoms with van der Waals surface area (Å²) in [5.74, 6) is -0.127. The number of nitrogens with one attached hydrogen (secondary N) is 1. The van der Waals surface area contributed by atoms with Crippen molar-refractivity contribution in [2.45, 2.75) is 19.6 Å². The Morgan fingerprint density at radius 3 is 3.05 bits per heavy atom. The van der Waals surface area contributed by atoms with E-state index in [1.807, 2.05) is 24.4 Å². The van der Waals surface area contributed by atoms with E-state index in [0.29, 0.717) is 18.8 Å². The van der Waals surface area contributed by atoms with E-state index in [1.54, 1.807) is 35.4 Å². The van der Waals surface area contributed by atoms with Crippen LogP contribution in [-0.2, 0) is 11.3 Å². The lowest BCUT2D eigenvalue weighted by molar-refractivity contribution is 0.0829. The minimum atomic E-state index is -0.127. The quantitative estimate of drug-likeness (QED) is 0.881.